The zero-order valence-corrected chi connectivity index (χ0v) is 7.73. The molecule has 1 aromatic carbocycles. The van der Waals surface area contributed by atoms with Crippen LogP contribution in [0, 0.1) is 5.92 Å². The van der Waals surface area contributed by atoms with Gasteiger partial charge in [-0.15, -0.1) is 0 Å². The van der Waals surface area contributed by atoms with Crippen LogP contribution in [0.1, 0.15) is 18.1 Å². The summed E-state index contributed by atoms with van der Waals surface area (Å²) in [6.07, 6.45) is 2.03. The van der Waals surface area contributed by atoms with Crippen LogP contribution in [0.25, 0.3) is 0 Å². The van der Waals surface area contributed by atoms with Crippen molar-refractivity contribution in [2.24, 2.45) is 5.92 Å². The van der Waals surface area contributed by atoms with Gasteiger partial charge in [-0.2, -0.15) is 0 Å². The normalized spacial score (nSPS) is 21.0. The Balaban J connectivity index is 2.52. The molecule has 1 atom stereocenters. The monoisotopic (exact) mass is 182 g/mol. The van der Waals surface area contributed by atoms with Crippen molar-refractivity contribution in [1.29, 1.82) is 0 Å². The maximum absolute atomic E-state index is 9.55. The first-order valence-corrected chi connectivity index (χ1v) is 4.55. The molecule has 1 aliphatic carbocycles. The molecule has 2 rings (SSSR count). The first kappa shape index (κ1) is 7.93. The number of benzene rings is 1. The Morgan fingerprint density at radius 1 is 1.42 bits per heavy atom. The van der Waals surface area contributed by atoms with Gasteiger partial charge in [0.05, 0.1) is 0 Å². The van der Waals surface area contributed by atoms with Crippen LogP contribution in [-0.2, 0) is 12.8 Å². The number of phenols is 1. The number of rotatable bonds is 0. The van der Waals surface area contributed by atoms with Gasteiger partial charge in [0.25, 0.3) is 0 Å². The molecule has 12 heavy (non-hydrogen) atoms. The molecule has 1 aliphatic rings. The van der Waals surface area contributed by atoms with E-state index in [0.29, 0.717) is 16.7 Å². The van der Waals surface area contributed by atoms with Crippen molar-refractivity contribution in [1.82, 2.24) is 0 Å². The second-order valence-corrected chi connectivity index (χ2v) is 4.01. The van der Waals surface area contributed by atoms with Crippen molar-refractivity contribution in [3.05, 3.63) is 28.3 Å². The molecular weight excluding hydrogens is 172 g/mol. The van der Waals surface area contributed by atoms with E-state index in [0.717, 1.165) is 18.4 Å². The Hall–Kier alpha value is -0.690. The Bertz CT molecular complexity index is 320. The average Bonchev–Trinajstić information content (AvgIpc) is 2.29. The predicted octanol–water partition coefficient (Wildman–Crippen LogP) is 2.78. The minimum atomic E-state index is 0.363. The van der Waals surface area contributed by atoms with Gasteiger partial charge in [0.15, 0.2) is 0 Å². The van der Waals surface area contributed by atoms with Gasteiger partial charge in [-0.1, -0.05) is 18.5 Å². The Morgan fingerprint density at radius 3 is 2.92 bits per heavy atom. The molecule has 2 heteroatoms. The summed E-state index contributed by atoms with van der Waals surface area (Å²) in [5.41, 5.74) is 2.31. The molecule has 0 bridgehead atoms. The van der Waals surface area contributed by atoms with Gasteiger partial charge in [0.1, 0.15) is 5.75 Å². The summed E-state index contributed by atoms with van der Waals surface area (Å²) in [7, 11) is 0. The first-order valence-electron chi connectivity index (χ1n) is 4.17. The standard InChI is InChI=1S/C10H11ClO/c1-6-2-7-4-8(11)5-10(12)9(7)3-6/h4-6,12H,2-3H2,1H3. The van der Waals surface area contributed by atoms with Crippen molar-refractivity contribution >= 4 is 11.6 Å². The Labute approximate surface area is 77.0 Å². The second-order valence-electron chi connectivity index (χ2n) is 3.58. The predicted molar refractivity (Wildman–Crippen MR) is 49.7 cm³/mol. The van der Waals surface area contributed by atoms with E-state index in [-0.39, 0.29) is 0 Å². The zero-order chi connectivity index (χ0) is 8.72. The van der Waals surface area contributed by atoms with Gasteiger partial charge >= 0.3 is 0 Å². The van der Waals surface area contributed by atoms with Gasteiger partial charge in [-0.05, 0) is 42.0 Å². The van der Waals surface area contributed by atoms with E-state index in [1.54, 1.807) is 6.07 Å². The maximum Gasteiger partial charge on any atom is 0.120 e. The van der Waals surface area contributed by atoms with Crippen molar-refractivity contribution in [2.75, 3.05) is 0 Å². The third kappa shape index (κ3) is 1.18. The van der Waals surface area contributed by atoms with E-state index < -0.39 is 0 Å². The first-order chi connectivity index (χ1) is 5.66. The lowest BCUT2D eigenvalue weighted by molar-refractivity contribution is 0.466. The van der Waals surface area contributed by atoms with Crippen LogP contribution in [0.4, 0.5) is 0 Å². The fraction of sp³-hybridized carbons (Fsp3) is 0.400. The van der Waals surface area contributed by atoms with Gasteiger partial charge in [-0.25, -0.2) is 0 Å². The SMILES string of the molecule is CC1Cc2cc(Cl)cc(O)c2C1. The van der Waals surface area contributed by atoms with Crippen LogP contribution in [0.3, 0.4) is 0 Å². The largest absolute Gasteiger partial charge is 0.508 e. The molecule has 0 fully saturated rings. The molecule has 0 saturated carbocycles. The van der Waals surface area contributed by atoms with Crippen LogP contribution >= 0.6 is 11.6 Å². The van der Waals surface area contributed by atoms with E-state index >= 15 is 0 Å². The number of hydrogen-bond acceptors (Lipinski definition) is 1. The van der Waals surface area contributed by atoms with Crippen molar-refractivity contribution in [3.63, 3.8) is 0 Å². The average molecular weight is 183 g/mol. The van der Waals surface area contributed by atoms with Gasteiger partial charge < -0.3 is 5.11 Å². The topological polar surface area (TPSA) is 20.2 Å². The Kier molecular flexibility index (Phi) is 1.76. The summed E-state index contributed by atoms with van der Waals surface area (Å²) in [5, 5.41) is 10.2. The van der Waals surface area contributed by atoms with Crippen LogP contribution < -0.4 is 0 Å². The zero-order valence-electron chi connectivity index (χ0n) is 6.97. The third-order valence-corrected chi connectivity index (χ3v) is 2.62. The molecule has 0 heterocycles. The number of hydrogen-bond donors (Lipinski definition) is 1. The highest BCUT2D eigenvalue weighted by molar-refractivity contribution is 6.30. The minimum absolute atomic E-state index is 0.363. The number of phenolic OH excluding ortho intramolecular Hbond substituents is 1. The quantitative estimate of drug-likeness (QED) is 0.654. The van der Waals surface area contributed by atoms with E-state index in [1.165, 1.54) is 5.56 Å². The summed E-state index contributed by atoms with van der Waals surface area (Å²) in [4.78, 5) is 0. The molecule has 1 unspecified atom stereocenters. The summed E-state index contributed by atoms with van der Waals surface area (Å²) in [5.74, 6) is 1.01. The molecule has 1 nitrogen and oxygen atoms in total. The van der Waals surface area contributed by atoms with Crippen molar-refractivity contribution in [3.8, 4) is 5.75 Å². The maximum atomic E-state index is 9.55. The third-order valence-electron chi connectivity index (χ3n) is 2.40. The van der Waals surface area contributed by atoms with E-state index in [2.05, 4.69) is 6.92 Å². The minimum Gasteiger partial charge on any atom is -0.508 e. The summed E-state index contributed by atoms with van der Waals surface area (Å²) in [6.45, 7) is 2.19. The lowest BCUT2D eigenvalue weighted by atomic mass is 10.1. The van der Waals surface area contributed by atoms with Crippen LogP contribution in [0.2, 0.25) is 5.02 Å². The molecule has 0 radical (unpaired) electrons. The number of aromatic hydroxyl groups is 1. The summed E-state index contributed by atoms with van der Waals surface area (Å²) >= 11 is 5.82. The van der Waals surface area contributed by atoms with Gasteiger partial charge in [0.2, 0.25) is 0 Å². The molecule has 1 aromatic rings. The Morgan fingerprint density at radius 2 is 2.17 bits per heavy atom. The van der Waals surface area contributed by atoms with Crippen LogP contribution in [-0.4, -0.2) is 5.11 Å². The van der Waals surface area contributed by atoms with Crippen molar-refractivity contribution < 1.29 is 5.11 Å². The summed E-state index contributed by atoms with van der Waals surface area (Å²) < 4.78 is 0. The van der Waals surface area contributed by atoms with Crippen LogP contribution in [0.15, 0.2) is 12.1 Å². The van der Waals surface area contributed by atoms with Crippen LogP contribution in [0.5, 0.6) is 5.75 Å². The molecule has 0 spiro atoms. The smallest absolute Gasteiger partial charge is 0.120 e. The lowest BCUT2D eigenvalue weighted by Crippen LogP contribution is -1.89. The molecule has 64 valence electrons. The molecular formula is C10H11ClO. The molecule has 0 aromatic heterocycles. The second kappa shape index (κ2) is 2.67. The highest BCUT2D eigenvalue weighted by Crippen LogP contribution is 2.35. The molecule has 0 aliphatic heterocycles. The van der Waals surface area contributed by atoms with E-state index in [9.17, 15) is 5.11 Å². The molecule has 0 saturated heterocycles. The lowest BCUT2D eigenvalue weighted by Gasteiger charge is -2.01. The molecule has 1 N–H and O–H groups in total. The van der Waals surface area contributed by atoms with Gasteiger partial charge in [0, 0.05) is 5.02 Å². The summed E-state index contributed by atoms with van der Waals surface area (Å²) in [6, 6.07) is 3.58. The van der Waals surface area contributed by atoms with E-state index in [1.807, 2.05) is 6.07 Å². The number of fused-ring (bicyclic) bond motifs is 1. The van der Waals surface area contributed by atoms with Gasteiger partial charge in [-0.3, -0.25) is 0 Å². The number of halogens is 1. The fourth-order valence-electron chi connectivity index (χ4n) is 1.89. The molecule has 0 amide bonds. The highest BCUT2D eigenvalue weighted by Gasteiger charge is 2.20. The highest BCUT2D eigenvalue weighted by atomic mass is 35.5. The van der Waals surface area contributed by atoms with Crippen molar-refractivity contribution in [2.45, 2.75) is 19.8 Å². The fourth-order valence-corrected chi connectivity index (χ4v) is 2.13. The van der Waals surface area contributed by atoms with E-state index in [4.69, 9.17) is 11.6 Å².